The molecule has 1 rings (SSSR count). The SMILES string of the molecule is CC(C)COCC(O)CNCc1ccoc1. The molecule has 1 atom stereocenters. The Balaban J connectivity index is 2.00. The van der Waals surface area contributed by atoms with E-state index in [0.717, 1.165) is 5.56 Å². The van der Waals surface area contributed by atoms with Crippen molar-refractivity contribution in [3.05, 3.63) is 24.2 Å². The number of hydrogen-bond acceptors (Lipinski definition) is 4. The number of aliphatic hydroxyl groups excluding tert-OH is 1. The van der Waals surface area contributed by atoms with Crippen molar-refractivity contribution in [2.24, 2.45) is 5.92 Å². The lowest BCUT2D eigenvalue weighted by Gasteiger charge is -2.13. The molecule has 0 radical (unpaired) electrons. The van der Waals surface area contributed by atoms with Gasteiger partial charge in [0.05, 0.1) is 25.2 Å². The highest BCUT2D eigenvalue weighted by Gasteiger charge is 2.04. The minimum atomic E-state index is -0.453. The van der Waals surface area contributed by atoms with Gasteiger partial charge < -0.3 is 19.6 Å². The Morgan fingerprint density at radius 3 is 2.88 bits per heavy atom. The Morgan fingerprint density at radius 1 is 1.44 bits per heavy atom. The molecule has 1 unspecified atom stereocenters. The van der Waals surface area contributed by atoms with Crippen molar-refractivity contribution >= 4 is 0 Å². The summed E-state index contributed by atoms with van der Waals surface area (Å²) in [4.78, 5) is 0. The van der Waals surface area contributed by atoms with Gasteiger partial charge in [-0.05, 0) is 12.0 Å². The predicted molar refractivity (Wildman–Crippen MR) is 62.1 cm³/mol. The average Bonchev–Trinajstić information content (AvgIpc) is 2.70. The molecule has 0 aliphatic carbocycles. The Labute approximate surface area is 96.6 Å². The van der Waals surface area contributed by atoms with E-state index in [1.165, 1.54) is 0 Å². The third-order valence-corrected chi connectivity index (χ3v) is 2.05. The van der Waals surface area contributed by atoms with Crippen LogP contribution >= 0.6 is 0 Å². The topological polar surface area (TPSA) is 54.6 Å². The van der Waals surface area contributed by atoms with Gasteiger partial charge in [0, 0.05) is 25.3 Å². The minimum absolute atomic E-state index is 0.385. The van der Waals surface area contributed by atoms with Crippen molar-refractivity contribution in [1.82, 2.24) is 5.32 Å². The molecule has 0 bridgehead atoms. The Morgan fingerprint density at radius 2 is 2.25 bits per heavy atom. The van der Waals surface area contributed by atoms with E-state index in [-0.39, 0.29) is 0 Å². The Kier molecular flexibility index (Phi) is 6.15. The summed E-state index contributed by atoms with van der Waals surface area (Å²) in [5.41, 5.74) is 1.08. The molecule has 1 aromatic rings. The fourth-order valence-electron chi connectivity index (χ4n) is 1.28. The standard InChI is InChI=1S/C12H21NO3/c1-10(2)7-16-9-12(14)6-13-5-11-3-4-15-8-11/h3-4,8,10,12-14H,5-7,9H2,1-2H3. The highest BCUT2D eigenvalue weighted by molar-refractivity contribution is 5.04. The molecule has 0 aliphatic rings. The molecule has 4 nitrogen and oxygen atoms in total. The number of aliphatic hydroxyl groups is 1. The second-order valence-corrected chi connectivity index (χ2v) is 4.35. The van der Waals surface area contributed by atoms with Crippen molar-refractivity contribution in [2.45, 2.75) is 26.5 Å². The molecular weight excluding hydrogens is 206 g/mol. The normalized spacial score (nSPS) is 13.2. The third kappa shape index (κ3) is 5.90. The summed E-state index contributed by atoms with van der Waals surface area (Å²) in [6.45, 7) is 6.49. The van der Waals surface area contributed by atoms with Crippen LogP contribution in [0.25, 0.3) is 0 Å². The van der Waals surface area contributed by atoms with Gasteiger partial charge in [0.25, 0.3) is 0 Å². The third-order valence-electron chi connectivity index (χ3n) is 2.05. The first-order chi connectivity index (χ1) is 7.68. The van der Waals surface area contributed by atoms with E-state index in [1.54, 1.807) is 12.5 Å². The lowest BCUT2D eigenvalue weighted by Crippen LogP contribution is -2.30. The fourth-order valence-corrected chi connectivity index (χ4v) is 1.28. The number of ether oxygens (including phenoxy) is 1. The number of rotatable bonds is 8. The monoisotopic (exact) mass is 227 g/mol. The van der Waals surface area contributed by atoms with Gasteiger partial charge in [-0.1, -0.05) is 13.8 Å². The van der Waals surface area contributed by atoms with Crippen LogP contribution in [-0.4, -0.2) is 31.0 Å². The molecule has 0 aliphatic heterocycles. The first-order valence-electron chi connectivity index (χ1n) is 5.66. The van der Waals surface area contributed by atoms with Crippen molar-refractivity contribution in [3.63, 3.8) is 0 Å². The summed E-state index contributed by atoms with van der Waals surface area (Å²) < 4.78 is 10.3. The van der Waals surface area contributed by atoms with Crippen LogP contribution < -0.4 is 5.32 Å². The lowest BCUT2D eigenvalue weighted by molar-refractivity contribution is 0.0260. The van der Waals surface area contributed by atoms with Gasteiger partial charge in [-0.25, -0.2) is 0 Å². The Bertz CT molecular complexity index is 259. The molecule has 92 valence electrons. The zero-order valence-corrected chi connectivity index (χ0v) is 9.98. The molecule has 0 fully saturated rings. The maximum absolute atomic E-state index is 9.58. The number of hydrogen-bond donors (Lipinski definition) is 2. The van der Waals surface area contributed by atoms with E-state index in [0.29, 0.717) is 32.2 Å². The van der Waals surface area contributed by atoms with Crippen LogP contribution in [0.4, 0.5) is 0 Å². The van der Waals surface area contributed by atoms with E-state index in [2.05, 4.69) is 19.2 Å². The molecule has 1 aromatic heterocycles. The molecule has 0 spiro atoms. The number of nitrogens with one attached hydrogen (secondary N) is 1. The van der Waals surface area contributed by atoms with Crippen LogP contribution in [0, 0.1) is 5.92 Å². The van der Waals surface area contributed by atoms with E-state index >= 15 is 0 Å². The zero-order chi connectivity index (χ0) is 11.8. The van der Waals surface area contributed by atoms with Crippen LogP contribution in [-0.2, 0) is 11.3 Å². The van der Waals surface area contributed by atoms with Gasteiger partial charge in [-0.15, -0.1) is 0 Å². The van der Waals surface area contributed by atoms with Crippen LogP contribution in [0.5, 0.6) is 0 Å². The van der Waals surface area contributed by atoms with Gasteiger partial charge in [0.1, 0.15) is 0 Å². The van der Waals surface area contributed by atoms with Gasteiger partial charge in [0.2, 0.25) is 0 Å². The predicted octanol–water partition coefficient (Wildman–Crippen LogP) is 1.40. The Hall–Kier alpha value is -0.840. The summed E-state index contributed by atoms with van der Waals surface area (Å²) in [6.07, 6.45) is 2.87. The summed E-state index contributed by atoms with van der Waals surface area (Å²) in [7, 11) is 0. The van der Waals surface area contributed by atoms with E-state index in [1.807, 2.05) is 6.07 Å². The molecule has 0 amide bonds. The van der Waals surface area contributed by atoms with Crippen molar-refractivity contribution in [3.8, 4) is 0 Å². The van der Waals surface area contributed by atoms with E-state index < -0.39 is 6.10 Å². The highest BCUT2D eigenvalue weighted by Crippen LogP contribution is 1.98. The molecule has 16 heavy (non-hydrogen) atoms. The first kappa shape index (κ1) is 13.2. The summed E-state index contributed by atoms with van der Waals surface area (Å²) in [5, 5.41) is 12.7. The second-order valence-electron chi connectivity index (χ2n) is 4.35. The molecule has 0 saturated carbocycles. The zero-order valence-electron chi connectivity index (χ0n) is 9.98. The maximum atomic E-state index is 9.58. The van der Waals surface area contributed by atoms with Crippen LogP contribution in [0.2, 0.25) is 0 Å². The van der Waals surface area contributed by atoms with Crippen molar-refractivity contribution in [1.29, 1.82) is 0 Å². The summed E-state index contributed by atoms with van der Waals surface area (Å²) in [5.74, 6) is 0.506. The van der Waals surface area contributed by atoms with Crippen LogP contribution in [0.1, 0.15) is 19.4 Å². The van der Waals surface area contributed by atoms with Gasteiger partial charge >= 0.3 is 0 Å². The summed E-state index contributed by atoms with van der Waals surface area (Å²) in [6, 6.07) is 1.90. The molecule has 1 heterocycles. The van der Waals surface area contributed by atoms with Crippen molar-refractivity contribution in [2.75, 3.05) is 19.8 Å². The smallest absolute Gasteiger partial charge is 0.0947 e. The molecule has 2 N–H and O–H groups in total. The molecule has 0 saturated heterocycles. The minimum Gasteiger partial charge on any atom is -0.472 e. The summed E-state index contributed by atoms with van der Waals surface area (Å²) >= 11 is 0. The fraction of sp³-hybridized carbons (Fsp3) is 0.667. The largest absolute Gasteiger partial charge is 0.472 e. The maximum Gasteiger partial charge on any atom is 0.0947 e. The molecule has 4 heteroatoms. The quantitative estimate of drug-likeness (QED) is 0.705. The molecular formula is C12H21NO3. The molecule has 0 aromatic carbocycles. The van der Waals surface area contributed by atoms with Gasteiger partial charge in [0.15, 0.2) is 0 Å². The lowest BCUT2D eigenvalue weighted by atomic mass is 10.2. The first-order valence-corrected chi connectivity index (χ1v) is 5.66. The van der Waals surface area contributed by atoms with E-state index in [4.69, 9.17) is 9.15 Å². The van der Waals surface area contributed by atoms with Crippen LogP contribution in [0.3, 0.4) is 0 Å². The second kappa shape index (κ2) is 7.44. The highest BCUT2D eigenvalue weighted by atomic mass is 16.5. The number of furan rings is 1. The van der Waals surface area contributed by atoms with Crippen molar-refractivity contribution < 1.29 is 14.3 Å². The van der Waals surface area contributed by atoms with E-state index in [9.17, 15) is 5.11 Å². The average molecular weight is 227 g/mol. The van der Waals surface area contributed by atoms with Gasteiger partial charge in [-0.2, -0.15) is 0 Å². The van der Waals surface area contributed by atoms with Crippen LogP contribution in [0.15, 0.2) is 23.0 Å². The van der Waals surface area contributed by atoms with Gasteiger partial charge in [-0.3, -0.25) is 0 Å².